The zero-order valence-corrected chi connectivity index (χ0v) is 20.3. The number of rotatable bonds is 8. The monoisotopic (exact) mass is 501 g/mol. The lowest BCUT2D eigenvalue weighted by atomic mass is 10.1. The SMILES string of the molecule is CC(C)(C)NS(=O)(=O)c1cccc(Nc2nc(Nc3ccc(/C=C/C(=O)O)cc3)ncc2Cl)c1. The first-order valence-electron chi connectivity index (χ1n) is 10.1. The largest absolute Gasteiger partial charge is 0.478 e. The average molecular weight is 502 g/mol. The number of aliphatic carboxylic acids is 1. The van der Waals surface area contributed by atoms with E-state index >= 15 is 0 Å². The van der Waals surface area contributed by atoms with Crippen molar-refractivity contribution in [2.45, 2.75) is 31.2 Å². The molecule has 0 aliphatic heterocycles. The van der Waals surface area contributed by atoms with Crippen LogP contribution < -0.4 is 15.4 Å². The van der Waals surface area contributed by atoms with E-state index in [1.165, 1.54) is 24.4 Å². The first-order chi connectivity index (χ1) is 15.9. The van der Waals surface area contributed by atoms with E-state index in [9.17, 15) is 13.2 Å². The first-order valence-corrected chi connectivity index (χ1v) is 12.0. The third kappa shape index (κ3) is 7.27. The molecule has 0 radical (unpaired) electrons. The molecule has 0 fully saturated rings. The van der Waals surface area contributed by atoms with Gasteiger partial charge in [0.15, 0.2) is 5.82 Å². The third-order valence-corrected chi connectivity index (χ3v) is 6.21. The van der Waals surface area contributed by atoms with Gasteiger partial charge in [-0.3, -0.25) is 0 Å². The van der Waals surface area contributed by atoms with Crippen molar-refractivity contribution in [2.75, 3.05) is 10.6 Å². The summed E-state index contributed by atoms with van der Waals surface area (Å²) in [6.45, 7) is 5.30. The second kappa shape index (κ2) is 10.2. The molecule has 3 aromatic rings. The van der Waals surface area contributed by atoms with Crippen LogP contribution in [0.2, 0.25) is 5.02 Å². The Morgan fingerprint density at radius 1 is 1.06 bits per heavy atom. The van der Waals surface area contributed by atoms with Crippen LogP contribution in [0.1, 0.15) is 26.3 Å². The van der Waals surface area contributed by atoms with Gasteiger partial charge in [-0.15, -0.1) is 0 Å². The highest BCUT2D eigenvalue weighted by atomic mass is 35.5. The van der Waals surface area contributed by atoms with E-state index in [0.717, 1.165) is 11.6 Å². The van der Waals surface area contributed by atoms with Gasteiger partial charge >= 0.3 is 5.97 Å². The van der Waals surface area contributed by atoms with Gasteiger partial charge in [-0.05, 0) is 62.7 Å². The molecule has 0 bridgehead atoms. The maximum atomic E-state index is 12.6. The van der Waals surface area contributed by atoms with E-state index in [1.807, 2.05) is 0 Å². The molecule has 0 spiro atoms. The molecular weight excluding hydrogens is 478 g/mol. The zero-order valence-electron chi connectivity index (χ0n) is 18.7. The summed E-state index contributed by atoms with van der Waals surface area (Å²) in [4.78, 5) is 19.3. The van der Waals surface area contributed by atoms with E-state index in [2.05, 4.69) is 25.3 Å². The molecule has 11 heteroatoms. The Morgan fingerprint density at radius 3 is 2.41 bits per heavy atom. The number of aromatic nitrogens is 2. The van der Waals surface area contributed by atoms with Crippen LogP contribution in [0.4, 0.5) is 23.1 Å². The average Bonchev–Trinajstić information content (AvgIpc) is 2.74. The lowest BCUT2D eigenvalue weighted by Crippen LogP contribution is -2.40. The fourth-order valence-electron chi connectivity index (χ4n) is 2.83. The van der Waals surface area contributed by atoms with E-state index in [-0.39, 0.29) is 15.9 Å². The number of carboxylic acids is 1. The molecule has 0 amide bonds. The molecule has 0 saturated carbocycles. The van der Waals surface area contributed by atoms with Crippen molar-refractivity contribution in [1.82, 2.24) is 14.7 Å². The molecule has 4 N–H and O–H groups in total. The molecular formula is C23H24ClN5O4S. The summed E-state index contributed by atoms with van der Waals surface area (Å²) in [5, 5.41) is 15.0. The fourth-order valence-corrected chi connectivity index (χ4v) is 4.43. The molecule has 2 aromatic carbocycles. The van der Waals surface area contributed by atoms with Crippen molar-refractivity contribution in [3.63, 3.8) is 0 Å². The lowest BCUT2D eigenvalue weighted by molar-refractivity contribution is -0.131. The summed E-state index contributed by atoms with van der Waals surface area (Å²) in [6, 6.07) is 13.3. The summed E-state index contributed by atoms with van der Waals surface area (Å²) < 4.78 is 27.9. The number of carbonyl (C=O) groups is 1. The second-order valence-electron chi connectivity index (χ2n) is 8.32. The van der Waals surface area contributed by atoms with E-state index in [1.54, 1.807) is 57.2 Å². The van der Waals surface area contributed by atoms with E-state index in [4.69, 9.17) is 16.7 Å². The van der Waals surface area contributed by atoms with Gasteiger partial charge in [-0.2, -0.15) is 4.98 Å². The van der Waals surface area contributed by atoms with Crippen LogP contribution in [0.3, 0.4) is 0 Å². The van der Waals surface area contributed by atoms with Gasteiger partial charge < -0.3 is 15.7 Å². The van der Waals surface area contributed by atoms with Crippen molar-refractivity contribution in [2.24, 2.45) is 0 Å². The van der Waals surface area contributed by atoms with Gasteiger partial charge in [0.1, 0.15) is 5.02 Å². The van der Waals surface area contributed by atoms with Crippen LogP contribution in [-0.4, -0.2) is 35.0 Å². The predicted octanol–water partition coefficient (Wildman–Crippen LogP) is 4.79. The summed E-state index contributed by atoms with van der Waals surface area (Å²) in [5.74, 6) is -0.470. The molecule has 0 aliphatic rings. The Hall–Kier alpha value is -3.47. The van der Waals surface area contributed by atoms with Gasteiger partial charge in [0.05, 0.1) is 11.1 Å². The highest BCUT2D eigenvalue weighted by molar-refractivity contribution is 7.89. The summed E-state index contributed by atoms with van der Waals surface area (Å²) in [6.07, 6.45) is 3.96. The van der Waals surface area contributed by atoms with Crippen LogP contribution in [0.15, 0.2) is 65.7 Å². The maximum absolute atomic E-state index is 12.6. The van der Waals surface area contributed by atoms with Crippen LogP contribution in [-0.2, 0) is 14.8 Å². The molecule has 0 aliphatic carbocycles. The highest BCUT2D eigenvalue weighted by Gasteiger charge is 2.22. The smallest absolute Gasteiger partial charge is 0.328 e. The Kier molecular flexibility index (Phi) is 7.55. The number of hydrogen-bond donors (Lipinski definition) is 4. The minimum atomic E-state index is -3.71. The van der Waals surface area contributed by atoms with Gasteiger partial charge in [0.2, 0.25) is 16.0 Å². The molecule has 178 valence electrons. The fraction of sp³-hybridized carbons (Fsp3) is 0.174. The lowest BCUT2D eigenvalue weighted by Gasteiger charge is -2.20. The second-order valence-corrected chi connectivity index (χ2v) is 10.4. The summed E-state index contributed by atoms with van der Waals surface area (Å²) in [5.41, 5.74) is 1.27. The molecule has 0 unspecified atom stereocenters. The number of carboxylic acid groups (broad SMARTS) is 1. The first kappa shape index (κ1) is 25.2. The zero-order chi connectivity index (χ0) is 24.9. The van der Waals surface area contributed by atoms with Crippen LogP contribution >= 0.6 is 11.6 Å². The number of benzene rings is 2. The molecule has 0 atom stereocenters. The van der Waals surface area contributed by atoms with Crippen LogP contribution in [0.5, 0.6) is 0 Å². The predicted molar refractivity (Wildman–Crippen MR) is 133 cm³/mol. The molecule has 1 heterocycles. The standard InChI is InChI=1S/C23H24ClN5O4S/c1-23(2,3)29-34(32,33)18-6-4-5-17(13-18)26-21-19(24)14-25-22(28-21)27-16-10-7-15(8-11-16)9-12-20(30)31/h4-14,29H,1-3H3,(H,30,31)(H2,25,26,27,28)/b12-9+. The van der Waals surface area contributed by atoms with E-state index < -0.39 is 21.5 Å². The quantitative estimate of drug-likeness (QED) is 0.324. The normalized spacial score (nSPS) is 12.0. The van der Waals surface area contributed by atoms with Crippen molar-refractivity contribution in [1.29, 1.82) is 0 Å². The van der Waals surface area contributed by atoms with Gasteiger partial charge in [-0.1, -0.05) is 29.8 Å². The molecule has 1 aromatic heterocycles. The molecule has 9 nitrogen and oxygen atoms in total. The van der Waals surface area contributed by atoms with Gasteiger partial charge in [0, 0.05) is 23.0 Å². The third-order valence-electron chi connectivity index (χ3n) is 4.18. The maximum Gasteiger partial charge on any atom is 0.328 e. The Bertz CT molecular complexity index is 1320. The van der Waals surface area contributed by atoms with Crippen molar-refractivity contribution >= 4 is 56.8 Å². The van der Waals surface area contributed by atoms with Crippen LogP contribution in [0.25, 0.3) is 6.08 Å². The highest BCUT2D eigenvalue weighted by Crippen LogP contribution is 2.26. The Morgan fingerprint density at radius 2 is 1.76 bits per heavy atom. The molecule has 0 saturated heterocycles. The molecule has 34 heavy (non-hydrogen) atoms. The number of anilines is 4. The Labute approximate surface area is 203 Å². The minimum absolute atomic E-state index is 0.105. The van der Waals surface area contributed by atoms with Crippen molar-refractivity contribution in [3.05, 3.63) is 71.4 Å². The summed E-state index contributed by atoms with van der Waals surface area (Å²) >= 11 is 6.25. The van der Waals surface area contributed by atoms with Crippen molar-refractivity contribution < 1.29 is 18.3 Å². The number of hydrogen-bond acceptors (Lipinski definition) is 7. The Balaban J connectivity index is 1.78. The number of nitrogens with zero attached hydrogens (tertiary/aromatic N) is 2. The van der Waals surface area contributed by atoms with E-state index in [0.29, 0.717) is 17.2 Å². The van der Waals surface area contributed by atoms with Crippen LogP contribution in [0, 0.1) is 0 Å². The minimum Gasteiger partial charge on any atom is -0.478 e. The molecule has 3 rings (SSSR count). The number of sulfonamides is 1. The van der Waals surface area contributed by atoms with Gasteiger partial charge in [-0.25, -0.2) is 22.9 Å². The van der Waals surface area contributed by atoms with Gasteiger partial charge in [0.25, 0.3) is 0 Å². The number of nitrogens with one attached hydrogen (secondary N) is 3. The summed E-state index contributed by atoms with van der Waals surface area (Å²) in [7, 11) is -3.71. The van der Waals surface area contributed by atoms with Crippen molar-refractivity contribution in [3.8, 4) is 0 Å². The number of halogens is 1. The topological polar surface area (TPSA) is 133 Å².